The number of hydrogen-bond acceptors (Lipinski definition) is 2. The first-order valence-corrected chi connectivity index (χ1v) is 6.51. The first-order valence-electron chi connectivity index (χ1n) is 6.51. The Morgan fingerprint density at radius 2 is 2.06 bits per heavy atom. The lowest BCUT2D eigenvalue weighted by Crippen LogP contribution is -2.43. The Morgan fingerprint density at radius 3 is 2.67 bits per heavy atom. The number of methoxy groups -OCH3 is 1. The predicted molar refractivity (Wildman–Crippen MR) is 74.2 cm³/mol. The highest BCUT2D eigenvalue weighted by Gasteiger charge is 2.34. The maximum atomic E-state index is 5.27. The number of ether oxygens (including phenoxy) is 1. The van der Waals surface area contributed by atoms with Crippen molar-refractivity contribution in [3.8, 4) is 5.75 Å². The standard InChI is InChI=1S/C15H20N2O/c1-16(2)14-6-7-15(14)17-9-8-11-10-12(18-3)4-5-13(11)17/h4-5,8-10,14-15H,6-7H2,1-3H3/t14-,15+/m0/s1. The van der Waals surface area contributed by atoms with Gasteiger partial charge in [-0.2, -0.15) is 0 Å². The molecule has 18 heavy (non-hydrogen) atoms. The van der Waals surface area contributed by atoms with E-state index in [0.29, 0.717) is 12.1 Å². The highest BCUT2D eigenvalue weighted by Crippen LogP contribution is 2.38. The van der Waals surface area contributed by atoms with Gasteiger partial charge in [0.2, 0.25) is 0 Å². The molecular formula is C15H20N2O. The van der Waals surface area contributed by atoms with Crippen LogP contribution in [0, 0.1) is 0 Å². The summed E-state index contributed by atoms with van der Waals surface area (Å²) in [5.41, 5.74) is 1.31. The molecule has 0 aliphatic heterocycles. The molecule has 1 heterocycles. The number of hydrogen-bond donors (Lipinski definition) is 0. The molecular weight excluding hydrogens is 224 g/mol. The van der Waals surface area contributed by atoms with Crippen molar-refractivity contribution in [3.63, 3.8) is 0 Å². The molecule has 0 radical (unpaired) electrons. The van der Waals surface area contributed by atoms with E-state index in [1.165, 1.54) is 23.7 Å². The van der Waals surface area contributed by atoms with Crippen LogP contribution in [0.25, 0.3) is 10.9 Å². The summed E-state index contributed by atoms with van der Waals surface area (Å²) in [6.07, 6.45) is 4.79. The smallest absolute Gasteiger partial charge is 0.119 e. The molecule has 1 aromatic carbocycles. The minimum atomic E-state index is 0.617. The quantitative estimate of drug-likeness (QED) is 0.826. The van der Waals surface area contributed by atoms with E-state index < -0.39 is 0 Å². The molecule has 0 amide bonds. The zero-order valence-electron chi connectivity index (χ0n) is 11.3. The second-order valence-electron chi connectivity index (χ2n) is 5.32. The fourth-order valence-electron chi connectivity index (χ4n) is 2.95. The van der Waals surface area contributed by atoms with Crippen molar-refractivity contribution in [1.82, 2.24) is 9.47 Å². The van der Waals surface area contributed by atoms with Crippen molar-refractivity contribution in [1.29, 1.82) is 0 Å². The Balaban J connectivity index is 1.98. The highest BCUT2D eigenvalue weighted by atomic mass is 16.5. The van der Waals surface area contributed by atoms with Crippen LogP contribution in [-0.2, 0) is 0 Å². The molecule has 3 nitrogen and oxygen atoms in total. The number of nitrogens with zero attached hydrogens (tertiary/aromatic N) is 2. The van der Waals surface area contributed by atoms with Crippen LogP contribution in [0.1, 0.15) is 18.9 Å². The van der Waals surface area contributed by atoms with E-state index >= 15 is 0 Å². The summed E-state index contributed by atoms with van der Waals surface area (Å²) in [6, 6.07) is 9.79. The van der Waals surface area contributed by atoms with Crippen LogP contribution in [0.15, 0.2) is 30.5 Å². The van der Waals surface area contributed by atoms with Gasteiger partial charge < -0.3 is 14.2 Å². The topological polar surface area (TPSA) is 17.4 Å². The predicted octanol–water partition coefficient (Wildman–Crippen LogP) is 2.92. The molecule has 3 heteroatoms. The van der Waals surface area contributed by atoms with Crippen LogP contribution in [0.2, 0.25) is 0 Å². The van der Waals surface area contributed by atoms with E-state index in [-0.39, 0.29) is 0 Å². The minimum Gasteiger partial charge on any atom is -0.497 e. The SMILES string of the molecule is COc1ccc2c(ccn2[C@@H]2CC[C@@H]2N(C)C)c1. The second kappa shape index (κ2) is 4.32. The van der Waals surface area contributed by atoms with E-state index in [9.17, 15) is 0 Å². The maximum Gasteiger partial charge on any atom is 0.119 e. The van der Waals surface area contributed by atoms with Crippen LogP contribution in [-0.4, -0.2) is 36.7 Å². The van der Waals surface area contributed by atoms with E-state index in [4.69, 9.17) is 4.74 Å². The summed E-state index contributed by atoms with van der Waals surface area (Å²) in [5, 5.41) is 1.26. The molecule has 1 aliphatic rings. The van der Waals surface area contributed by atoms with Gasteiger partial charge >= 0.3 is 0 Å². The lowest BCUT2D eigenvalue weighted by Gasteiger charge is -2.42. The molecule has 3 rings (SSSR count). The number of benzene rings is 1. The number of likely N-dealkylation sites (N-methyl/N-ethyl adjacent to an activating group) is 1. The summed E-state index contributed by atoms with van der Waals surface area (Å²) in [4.78, 5) is 2.34. The number of aromatic nitrogens is 1. The molecule has 2 aromatic rings. The van der Waals surface area contributed by atoms with Crippen LogP contribution < -0.4 is 4.74 Å². The van der Waals surface area contributed by atoms with Crippen molar-refractivity contribution in [2.24, 2.45) is 0 Å². The van der Waals surface area contributed by atoms with Crippen LogP contribution in [0.5, 0.6) is 5.75 Å². The molecule has 0 saturated heterocycles. The van der Waals surface area contributed by atoms with Gasteiger partial charge in [-0.25, -0.2) is 0 Å². The van der Waals surface area contributed by atoms with Crippen molar-refractivity contribution in [3.05, 3.63) is 30.5 Å². The summed E-state index contributed by atoms with van der Waals surface area (Å²) in [5.74, 6) is 0.929. The largest absolute Gasteiger partial charge is 0.497 e. The molecule has 0 unspecified atom stereocenters. The molecule has 0 N–H and O–H groups in total. The number of rotatable bonds is 3. The molecule has 2 atom stereocenters. The van der Waals surface area contributed by atoms with Gasteiger partial charge in [-0.3, -0.25) is 0 Å². The van der Waals surface area contributed by atoms with Crippen molar-refractivity contribution < 1.29 is 4.74 Å². The van der Waals surface area contributed by atoms with Crippen molar-refractivity contribution in [2.75, 3.05) is 21.2 Å². The third-order valence-corrected chi connectivity index (χ3v) is 4.15. The van der Waals surface area contributed by atoms with Gasteiger partial charge in [-0.05, 0) is 51.2 Å². The van der Waals surface area contributed by atoms with Gasteiger partial charge in [0.05, 0.1) is 7.11 Å². The average Bonchev–Trinajstić information content (AvgIpc) is 2.70. The third kappa shape index (κ3) is 1.70. The summed E-state index contributed by atoms with van der Waals surface area (Å²) in [6.45, 7) is 0. The lowest BCUT2D eigenvalue weighted by atomic mass is 9.85. The Hall–Kier alpha value is -1.48. The van der Waals surface area contributed by atoms with Crippen LogP contribution in [0.4, 0.5) is 0 Å². The van der Waals surface area contributed by atoms with Gasteiger partial charge in [0.25, 0.3) is 0 Å². The molecule has 0 spiro atoms. The summed E-state index contributed by atoms with van der Waals surface area (Å²) >= 11 is 0. The van der Waals surface area contributed by atoms with E-state index in [2.05, 4.69) is 48.0 Å². The fourth-order valence-corrected chi connectivity index (χ4v) is 2.95. The van der Waals surface area contributed by atoms with E-state index in [1.54, 1.807) is 7.11 Å². The van der Waals surface area contributed by atoms with Gasteiger partial charge in [0, 0.05) is 29.2 Å². The summed E-state index contributed by atoms with van der Waals surface area (Å²) in [7, 11) is 6.06. The maximum absolute atomic E-state index is 5.27. The van der Waals surface area contributed by atoms with Gasteiger partial charge in [-0.15, -0.1) is 0 Å². The number of fused-ring (bicyclic) bond motifs is 1. The molecule has 1 fully saturated rings. The monoisotopic (exact) mass is 244 g/mol. The fraction of sp³-hybridized carbons (Fsp3) is 0.467. The highest BCUT2D eigenvalue weighted by molar-refractivity contribution is 5.81. The Morgan fingerprint density at radius 1 is 1.22 bits per heavy atom. The van der Waals surface area contributed by atoms with Gasteiger partial charge in [0.15, 0.2) is 0 Å². The first kappa shape index (κ1) is 11.6. The van der Waals surface area contributed by atoms with Crippen molar-refractivity contribution in [2.45, 2.75) is 24.9 Å². The van der Waals surface area contributed by atoms with Crippen LogP contribution in [0.3, 0.4) is 0 Å². The Kier molecular flexibility index (Phi) is 2.78. The molecule has 1 aliphatic carbocycles. The van der Waals surface area contributed by atoms with Crippen molar-refractivity contribution >= 4 is 10.9 Å². The molecule has 1 aromatic heterocycles. The minimum absolute atomic E-state index is 0.617. The van der Waals surface area contributed by atoms with Crippen LogP contribution >= 0.6 is 0 Å². The molecule has 1 saturated carbocycles. The van der Waals surface area contributed by atoms with E-state index in [0.717, 1.165) is 5.75 Å². The Labute approximate surface area is 108 Å². The zero-order chi connectivity index (χ0) is 12.7. The van der Waals surface area contributed by atoms with Gasteiger partial charge in [0.1, 0.15) is 5.75 Å². The Bertz CT molecular complexity index is 559. The van der Waals surface area contributed by atoms with E-state index in [1.807, 2.05) is 6.07 Å². The normalized spacial score (nSPS) is 23.3. The second-order valence-corrected chi connectivity index (χ2v) is 5.32. The summed E-state index contributed by atoms with van der Waals surface area (Å²) < 4.78 is 7.69. The van der Waals surface area contributed by atoms with Gasteiger partial charge in [-0.1, -0.05) is 0 Å². The lowest BCUT2D eigenvalue weighted by molar-refractivity contribution is 0.116. The first-order chi connectivity index (χ1) is 8.70. The molecule has 0 bridgehead atoms. The average molecular weight is 244 g/mol. The zero-order valence-corrected chi connectivity index (χ0v) is 11.3. The molecule has 96 valence electrons. The third-order valence-electron chi connectivity index (χ3n) is 4.15.